The summed E-state index contributed by atoms with van der Waals surface area (Å²) in [6.07, 6.45) is 1.85. The van der Waals surface area contributed by atoms with Crippen LogP contribution in [-0.4, -0.2) is 36.1 Å². The summed E-state index contributed by atoms with van der Waals surface area (Å²) in [5.74, 6) is 0.0619. The summed E-state index contributed by atoms with van der Waals surface area (Å²) in [4.78, 5) is 10.4. The van der Waals surface area contributed by atoms with Gasteiger partial charge in [-0.05, 0) is 12.2 Å². The van der Waals surface area contributed by atoms with Crippen LogP contribution in [-0.2, 0) is 9.53 Å². The molecule has 0 aromatic carbocycles. The van der Waals surface area contributed by atoms with Crippen molar-refractivity contribution in [2.24, 2.45) is 0 Å². The number of ether oxygens (including phenoxy) is 1. The summed E-state index contributed by atoms with van der Waals surface area (Å²) in [5, 5.41) is 23.8. The third-order valence-corrected chi connectivity index (χ3v) is 1.21. The molecule has 13 heavy (non-hydrogen) atoms. The molecule has 0 aliphatic heterocycles. The second-order valence-electron chi connectivity index (χ2n) is 2.06. The standard InChI is InChI=1S/C8H11NO4/c1-13-7(4-9)6(5-10)2-3-8(11)12/h2-5,8-9,11-12H,1H3/b3-2+,7-6-,9-4?. The Balaban J connectivity index is 4.75. The van der Waals surface area contributed by atoms with E-state index in [1.807, 2.05) is 0 Å². The van der Waals surface area contributed by atoms with Crippen molar-refractivity contribution in [3.63, 3.8) is 0 Å². The molecule has 5 nitrogen and oxygen atoms in total. The molecule has 0 saturated heterocycles. The van der Waals surface area contributed by atoms with Crippen LogP contribution >= 0.6 is 0 Å². The van der Waals surface area contributed by atoms with E-state index in [1.54, 1.807) is 0 Å². The first-order valence-electron chi connectivity index (χ1n) is 3.44. The van der Waals surface area contributed by atoms with Crippen LogP contribution in [0.15, 0.2) is 23.5 Å². The van der Waals surface area contributed by atoms with Crippen molar-refractivity contribution in [3.8, 4) is 0 Å². The van der Waals surface area contributed by atoms with Crippen LogP contribution < -0.4 is 0 Å². The van der Waals surface area contributed by atoms with Gasteiger partial charge in [0.05, 0.1) is 18.9 Å². The van der Waals surface area contributed by atoms with Crippen molar-refractivity contribution < 1.29 is 19.7 Å². The number of aldehydes is 1. The summed E-state index contributed by atoms with van der Waals surface area (Å²) in [6.45, 7) is 0. The number of carbonyl (C=O) groups is 1. The molecule has 0 amide bonds. The van der Waals surface area contributed by atoms with Crippen LogP contribution in [0.1, 0.15) is 0 Å². The van der Waals surface area contributed by atoms with Gasteiger partial charge in [-0.3, -0.25) is 4.79 Å². The quantitative estimate of drug-likeness (QED) is 0.136. The fraction of sp³-hybridized carbons (Fsp3) is 0.250. The zero-order valence-electron chi connectivity index (χ0n) is 7.10. The fourth-order valence-electron chi connectivity index (χ4n) is 0.629. The SMILES string of the molecule is CO/C(C=N)=C(C=O)/C=C/C(O)O. The number of aliphatic hydroxyl groups excluding tert-OH is 1. The minimum Gasteiger partial charge on any atom is -0.494 e. The summed E-state index contributed by atoms with van der Waals surface area (Å²) < 4.78 is 4.68. The molecule has 0 rings (SSSR count). The number of allylic oxidation sites excluding steroid dienone is 3. The number of nitrogens with one attached hydrogen (secondary N) is 1. The Kier molecular flexibility index (Phi) is 5.42. The number of rotatable bonds is 5. The normalized spacial score (nSPS) is 12.9. The lowest BCUT2D eigenvalue weighted by molar-refractivity contribution is -0.104. The zero-order chi connectivity index (χ0) is 10.3. The highest BCUT2D eigenvalue weighted by Gasteiger charge is 2.00. The molecule has 0 fully saturated rings. The van der Waals surface area contributed by atoms with E-state index in [2.05, 4.69) is 4.74 Å². The average molecular weight is 185 g/mol. The van der Waals surface area contributed by atoms with Gasteiger partial charge in [0.2, 0.25) is 0 Å². The van der Waals surface area contributed by atoms with E-state index in [1.165, 1.54) is 13.2 Å². The lowest BCUT2D eigenvalue weighted by atomic mass is 10.2. The van der Waals surface area contributed by atoms with E-state index in [9.17, 15) is 4.79 Å². The van der Waals surface area contributed by atoms with E-state index in [0.29, 0.717) is 6.29 Å². The van der Waals surface area contributed by atoms with Gasteiger partial charge in [0, 0.05) is 0 Å². The van der Waals surface area contributed by atoms with Crippen molar-refractivity contribution in [1.29, 1.82) is 5.41 Å². The largest absolute Gasteiger partial charge is 0.494 e. The summed E-state index contributed by atoms with van der Waals surface area (Å²) in [5.41, 5.74) is 0.0746. The molecule has 0 unspecified atom stereocenters. The predicted octanol–water partition coefficient (Wildman–Crippen LogP) is -0.398. The highest BCUT2D eigenvalue weighted by Crippen LogP contribution is 2.02. The fourth-order valence-corrected chi connectivity index (χ4v) is 0.629. The van der Waals surface area contributed by atoms with Crippen molar-refractivity contribution >= 4 is 12.5 Å². The smallest absolute Gasteiger partial charge is 0.171 e. The molecular weight excluding hydrogens is 174 g/mol. The monoisotopic (exact) mass is 185 g/mol. The Morgan fingerprint density at radius 2 is 2.15 bits per heavy atom. The first-order valence-corrected chi connectivity index (χ1v) is 3.44. The van der Waals surface area contributed by atoms with Crippen LogP contribution in [0, 0.1) is 5.41 Å². The number of hydrogen-bond acceptors (Lipinski definition) is 5. The van der Waals surface area contributed by atoms with Gasteiger partial charge < -0.3 is 20.4 Å². The Hall–Kier alpha value is -1.46. The molecule has 5 heteroatoms. The summed E-state index contributed by atoms with van der Waals surface area (Å²) in [6, 6.07) is 0. The van der Waals surface area contributed by atoms with Crippen molar-refractivity contribution in [2.45, 2.75) is 6.29 Å². The Morgan fingerprint density at radius 1 is 1.54 bits per heavy atom. The molecule has 0 aromatic heterocycles. The van der Waals surface area contributed by atoms with Crippen LogP contribution in [0.2, 0.25) is 0 Å². The van der Waals surface area contributed by atoms with Gasteiger partial charge in [-0.15, -0.1) is 0 Å². The third kappa shape index (κ3) is 4.19. The highest BCUT2D eigenvalue weighted by atomic mass is 16.5. The predicted molar refractivity (Wildman–Crippen MR) is 46.2 cm³/mol. The molecule has 0 spiro atoms. The van der Waals surface area contributed by atoms with Gasteiger partial charge in [0.15, 0.2) is 12.6 Å². The molecule has 72 valence electrons. The summed E-state index contributed by atoms with van der Waals surface area (Å²) in [7, 11) is 1.31. The van der Waals surface area contributed by atoms with Gasteiger partial charge in [-0.2, -0.15) is 0 Å². The van der Waals surface area contributed by atoms with Crippen LogP contribution in [0.25, 0.3) is 0 Å². The molecule has 0 aliphatic rings. The Morgan fingerprint density at radius 3 is 2.46 bits per heavy atom. The molecule has 0 aliphatic carbocycles. The maximum atomic E-state index is 10.4. The van der Waals surface area contributed by atoms with Crippen LogP contribution in [0.5, 0.6) is 0 Å². The molecule has 0 saturated carbocycles. The summed E-state index contributed by atoms with van der Waals surface area (Å²) >= 11 is 0. The highest BCUT2D eigenvalue weighted by molar-refractivity contribution is 5.88. The Labute approximate surface area is 75.5 Å². The molecule has 0 radical (unpaired) electrons. The van der Waals surface area contributed by atoms with Gasteiger partial charge in [-0.1, -0.05) is 0 Å². The molecule has 0 atom stereocenters. The van der Waals surface area contributed by atoms with E-state index < -0.39 is 6.29 Å². The number of aliphatic hydroxyl groups is 2. The van der Waals surface area contributed by atoms with E-state index >= 15 is 0 Å². The van der Waals surface area contributed by atoms with E-state index in [4.69, 9.17) is 15.6 Å². The second kappa shape index (κ2) is 6.10. The van der Waals surface area contributed by atoms with Gasteiger partial charge >= 0.3 is 0 Å². The van der Waals surface area contributed by atoms with Crippen molar-refractivity contribution in [2.75, 3.05) is 7.11 Å². The van der Waals surface area contributed by atoms with Crippen LogP contribution in [0.3, 0.4) is 0 Å². The second-order valence-corrected chi connectivity index (χ2v) is 2.06. The topological polar surface area (TPSA) is 90.6 Å². The van der Waals surface area contributed by atoms with Gasteiger partial charge in [0.1, 0.15) is 5.76 Å². The molecular formula is C8H11NO4. The maximum Gasteiger partial charge on any atom is 0.171 e. The molecule has 0 heterocycles. The maximum absolute atomic E-state index is 10.4. The minimum atomic E-state index is -1.63. The minimum absolute atomic E-state index is 0.0619. The first kappa shape index (κ1) is 11.5. The molecule has 3 N–H and O–H groups in total. The van der Waals surface area contributed by atoms with Crippen molar-refractivity contribution in [1.82, 2.24) is 0 Å². The average Bonchev–Trinajstić information content (AvgIpc) is 2.11. The lowest BCUT2D eigenvalue weighted by Gasteiger charge is -2.00. The lowest BCUT2D eigenvalue weighted by Crippen LogP contribution is -2.00. The first-order chi connectivity index (χ1) is 6.15. The Bertz CT molecular complexity index is 243. The van der Waals surface area contributed by atoms with Crippen molar-refractivity contribution in [3.05, 3.63) is 23.5 Å². The van der Waals surface area contributed by atoms with Gasteiger partial charge in [-0.25, -0.2) is 0 Å². The zero-order valence-corrected chi connectivity index (χ0v) is 7.10. The number of hydrogen-bond donors (Lipinski definition) is 3. The van der Waals surface area contributed by atoms with Crippen LogP contribution in [0.4, 0.5) is 0 Å². The van der Waals surface area contributed by atoms with E-state index in [-0.39, 0.29) is 11.3 Å². The van der Waals surface area contributed by atoms with Gasteiger partial charge in [0.25, 0.3) is 0 Å². The van der Waals surface area contributed by atoms with E-state index in [0.717, 1.165) is 12.3 Å². The molecule has 0 aromatic rings. The molecule has 0 bridgehead atoms. The number of methoxy groups -OCH3 is 1. The number of carbonyl (C=O) groups excluding carboxylic acids is 1. The third-order valence-electron chi connectivity index (χ3n) is 1.21.